The van der Waals surface area contributed by atoms with Gasteiger partial charge in [0.25, 0.3) is 0 Å². The van der Waals surface area contributed by atoms with Crippen molar-refractivity contribution in [1.82, 2.24) is 0 Å². The summed E-state index contributed by atoms with van der Waals surface area (Å²) >= 11 is 0. The van der Waals surface area contributed by atoms with E-state index < -0.39 is 6.10 Å². The van der Waals surface area contributed by atoms with E-state index in [0.717, 1.165) is 17.6 Å². The molecule has 2 heteroatoms. The number of hydrogen-bond donors (Lipinski definition) is 1. The molecule has 2 nitrogen and oxygen atoms in total. The van der Waals surface area contributed by atoms with Crippen molar-refractivity contribution < 1.29 is 9.84 Å². The van der Waals surface area contributed by atoms with Crippen LogP contribution in [0.5, 0.6) is 0 Å². The van der Waals surface area contributed by atoms with Gasteiger partial charge in [0.2, 0.25) is 0 Å². The standard InChI is InChI=1S/C22H34O2/c1-4-5-6-7-8-9-11-14-19(2)22(23)20(3)17-24-18-21-15-12-10-13-16-21/h10-13,15-16,20,22-23H,4-9,17-18H2,1-3H3/t14?,20-,22-/m1/s1. The predicted molar refractivity (Wildman–Crippen MR) is 102 cm³/mol. The van der Waals surface area contributed by atoms with E-state index >= 15 is 0 Å². The minimum absolute atomic E-state index is 0.0687. The minimum Gasteiger partial charge on any atom is -0.388 e. The second kappa shape index (κ2) is 13.0. The quantitative estimate of drug-likeness (QED) is 0.396. The number of benzene rings is 1. The van der Waals surface area contributed by atoms with E-state index in [1.807, 2.05) is 32.0 Å². The first kappa shape index (κ1) is 20.7. The van der Waals surface area contributed by atoms with Crippen molar-refractivity contribution in [2.24, 2.45) is 5.92 Å². The van der Waals surface area contributed by atoms with Gasteiger partial charge in [0, 0.05) is 5.92 Å². The van der Waals surface area contributed by atoms with Crippen LogP contribution < -0.4 is 0 Å². The molecule has 134 valence electrons. The van der Waals surface area contributed by atoms with E-state index in [4.69, 9.17) is 4.74 Å². The van der Waals surface area contributed by atoms with Crippen molar-refractivity contribution in [2.45, 2.75) is 72.0 Å². The fraction of sp³-hybridized carbons (Fsp3) is 0.591. The molecule has 1 aromatic rings. The Bertz CT molecular complexity index is 486. The van der Waals surface area contributed by atoms with Crippen molar-refractivity contribution in [2.75, 3.05) is 6.61 Å². The molecule has 0 saturated carbocycles. The van der Waals surface area contributed by atoms with Crippen LogP contribution in [0.2, 0.25) is 0 Å². The maximum Gasteiger partial charge on any atom is 0.0868 e. The van der Waals surface area contributed by atoms with Crippen molar-refractivity contribution in [3.8, 4) is 0 Å². The van der Waals surface area contributed by atoms with Crippen LogP contribution in [0.15, 0.2) is 47.7 Å². The Morgan fingerprint density at radius 2 is 1.88 bits per heavy atom. The van der Waals surface area contributed by atoms with Crippen molar-refractivity contribution in [3.05, 3.63) is 53.3 Å². The molecular formula is C22H34O2. The molecule has 0 aliphatic heterocycles. The highest BCUT2D eigenvalue weighted by Gasteiger charge is 2.15. The van der Waals surface area contributed by atoms with E-state index in [1.165, 1.54) is 32.1 Å². The van der Waals surface area contributed by atoms with Gasteiger partial charge in [0.05, 0.1) is 19.3 Å². The number of hydrogen-bond acceptors (Lipinski definition) is 2. The number of aliphatic hydroxyl groups excluding tert-OH is 1. The maximum absolute atomic E-state index is 10.4. The molecule has 2 atom stereocenters. The van der Waals surface area contributed by atoms with Crippen molar-refractivity contribution >= 4 is 0 Å². The fourth-order valence-electron chi connectivity index (χ4n) is 2.62. The lowest BCUT2D eigenvalue weighted by molar-refractivity contribution is 0.0432. The highest BCUT2D eigenvalue weighted by Crippen LogP contribution is 2.13. The third-order valence-electron chi connectivity index (χ3n) is 4.26. The Balaban J connectivity index is 2.27. The summed E-state index contributed by atoms with van der Waals surface area (Å²) in [5.41, 5.74) is 5.31. The molecule has 0 unspecified atom stereocenters. The van der Waals surface area contributed by atoms with Crippen LogP contribution >= 0.6 is 0 Å². The molecule has 1 N–H and O–H groups in total. The van der Waals surface area contributed by atoms with Crippen LogP contribution in [0.3, 0.4) is 0 Å². The SMILES string of the molecule is CCCCCCCC=C=C(C)[C@@H](O)[C@H](C)COCc1ccccc1. The summed E-state index contributed by atoms with van der Waals surface area (Å²) in [4.78, 5) is 0. The summed E-state index contributed by atoms with van der Waals surface area (Å²) in [6.45, 7) is 7.34. The third-order valence-corrected chi connectivity index (χ3v) is 4.26. The molecule has 0 spiro atoms. The van der Waals surface area contributed by atoms with Crippen molar-refractivity contribution in [3.63, 3.8) is 0 Å². The number of rotatable bonds is 12. The topological polar surface area (TPSA) is 29.5 Å². The molecule has 1 aromatic carbocycles. The van der Waals surface area contributed by atoms with Gasteiger partial charge in [-0.15, -0.1) is 5.73 Å². The molecule has 0 aliphatic rings. The van der Waals surface area contributed by atoms with Gasteiger partial charge in [0.15, 0.2) is 0 Å². The Kier molecular flexibility index (Phi) is 11.2. The molecule has 0 bridgehead atoms. The molecule has 0 aliphatic carbocycles. The van der Waals surface area contributed by atoms with E-state index in [2.05, 4.69) is 30.9 Å². The Labute approximate surface area is 148 Å². The van der Waals surface area contributed by atoms with Crippen LogP contribution in [0.1, 0.15) is 64.9 Å². The highest BCUT2D eigenvalue weighted by atomic mass is 16.5. The van der Waals surface area contributed by atoms with Crippen LogP contribution in [0.25, 0.3) is 0 Å². The Morgan fingerprint density at radius 1 is 1.17 bits per heavy atom. The second-order valence-electron chi connectivity index (χ2n) is 6.66. The highest BCUT2D eigenvalue weighted by molar-refractivity contribution is 5.13. The van der Waals surface area contributed by atoms with E-state index in [9.17, 15) is 5.11 Å². The lowest BCUT2D eigenvalue weighted by Crippen LogP contribution is -2.23. The number of ether oxygens (including phenoxy) is 1. The normalized spacial score (nSPS) is 13.2. The number of aliphatic hydroxyl groups is 1. The first-order valence-corrected chi connectivity index (χ1v) is 9.36. The van der Waals surface area contributed by atoms with Crippen LogP contribution in [-0.2, 0) is 11.3 Å². The first-order chi connectivity index (χ1) is 11.6. The molecule has 0 radical (unpaired) electrons. The zero-order valence-corrected chi connectivity index (χ0v) is 15.6. The summed E-state index contributed by atoms with van der Waals surface area (Å²) in [5, 5.41) is 10.4. The molecule has 24 heavy (non-hydrogen) atoms. The number of unbranched alkanes of at least 4 members (excludes halogenated alkanes) is 5. The molecule has 0 saturated heterocycles. The van der Waals surface area contributed by atoms with E-state index in [-0.39, 0.29) is 5.92 Å². The van der Waals surface area contributed by atoms with Gasteiger partial charge in [-0.25, -0.2) is 0 Å². The monoisotopic (exact) mass is 330 g/mol. The lowest BCUT2D eigenvalue weighted by atomic mass is 9.99. The molecule has 0 aromatic heterocycles. The molecule has 0 fully saturated rings. The van der Waals surface area contributed by atoms with Gasteiger partial charge in [-0.05, 0) is 37.0 Å². The average Bonchev–Trinajstić information content (AvgIpc) is 2.61. The molecule has 0 heterocycles. The van der Waals surface area contributed by atoms with Gasteiger partial charge >= 0.3 is 0 Å². The van der Waals surface area contributed by atoms with Crippen LogP contribution in [0.4, 0.5) is 0 Å². The molecule has 1 rings (SSSR count). The van der Waals surface area contributed by atoms with Gasteiger partial charge in [0.1, 0.15) is 0 Å². The zero-order chi connectivity index (χ0) is 17.6. The Morgan fingerprint density at radius 3 is 2.58 bits per heavy atom. The lowest BCUT2D eigenvalue weighted by Gasteiger charge is -2.18. The Hall–Kier alpha value is -1.34. The largest absolute Gasteiger partial charge is 0.388 e. The minimum atomic E-state index is -0.489. The summed E-state index contributed by atoms with van der Waals surface area (Å²) in [5.74, 6) is 0.0687. The van der Waals surface area contributed by atoms with Crippen LogP contribution in [-0.4, -0.2) is 17.8 Å². The van der Waals surface area contributed by atoms with Crippen LogP contribution in [0, 0.1) is 5.92 Å². The maximum atomic E-state index is 10.4. The first-order valence-electron chi connectivity index (χ1n) is 9.36. The summed E-state index contributed by atoms with van der Waals surface area (Å²) in [6, 6.07) is 10.1. The van der Waals surface area contributed by atoms with Gasteiger partial charge in [-0.1, -0.05) is 69.9 Å². The molecule has 0 amide bonds. The van der Waals surface area contributed by atoms with E-state index in [1.54, 1.807) is 0 Å². The van der Waals surface area contributed by atoms with E-state index in [0.29, 0.717) is 13.2 Å². The van der Waals surface area contributed by atoms with Gasteiger partial charge < -0.3 is 9.84 Å². The zero-order valence-electron chi connectivity index (χ0n) is 15.6. The predicted octanol–water partition coefficient (Wildman–Crippen LogP) is 5.66. The average molecular weight is 331 g/mol. The molecular weight excluding hydrogens is 296 g/mol. The smallest absolute Gasteiger partial charge is 0.0868 e. The fourth-order valence-corrected chi connectivity index (χ4v) is 2.62. The summed E-state index contributed by atoms with van der Waals surface area (Å²) in [7, 11) is 0. The van der Waals surface area contributed by atoms with Gasteiger partial charge in [-0.2, -0.15) is 0 Å². The summed E-state index contributed by atoms with van der Waals surface area (Å²) in [6.07, 6.45) is 9.07. The summed E-state index contributed by atoms with van der Waals surface area (Å²) < 4.78 is 5.72. The second-order valence-corrected chi connectivity index (χ2v) is 6.66. The van der Waals surface area contributed by atoms with Crippen molar-refractivity contribution in [1.29, 1.82) is 0 Å². The third kappa shape index (κ3) is 9.08. The van der Waals surface area contributed by atoms with Gasteiger partial charge in [-0.3, -0.25) is 0 Å².